The van der Waals surface area contributed by atoms with Gasteiger partial charge in [-0.3, -0.25) is 5.41 Å². The number of nitrogens with one attached hydrogen (secondary N) is 1. The second-order valence-corrected chi connectivity index (χ2v) is 6.25. The normalized spacial score (nSPS) is 14.8. The highest BCUT2D eigenvalue weighted by Crippen LogP contribution is 2.34. The van der Waals surface area contributed by atoms with Crippen LogP contribution in [-0.2, 0) is 13.0 Å². The van der Waals surface area contributed by atoms with Crippen LogP contribution >= 0.6 is 0 Å². The van der Waals surface area contributed by atoms with Crippen molar-refractivity contribution in [2.45, 2.75) is 33.7 Å². The van der Waals surface area contributed by atoms with Crippen LogP contribution in [0.5, 0.6) is 11.5 Å². The SMILES string of the molecule is COc1cc2c(cc1OC)CN(C(=N)C(C)(C)C)CC2. The maximum atomic E-state index is 8.32. The summed E-state index contributed by atoms with van der Waals surface area (Å²) in [5.41, 5.74) is 2.40. The Bertz CT molecular complexity index is 518. The summed E-state index contributed by atoms with van der Waals surface area (Å²) < 4.78 is 10.7. The van der Waals surface area contributed by atoms with Gasteiger partial charge in [-0.25, -0.2) is 0 Å². The van der Waals surface area contributed by atoms with Crippen molar-refractivity contribution in [1.82, 2.24) is 4.90 Å². The molecule has 0 saturated heterocycles. The Morgan fingerprint density at radius 2 is 1.65 bits per heavy atom. The van der Waals surface area contributed by atoms with Gasteiger partial charge in [0, 0.05) is 18.5 Å². The Kier molecular flexibility index (Phi) is 3.93. The molecule has 0 aliphatic carbocycles. The molecule has 1 N–H and O–H groups in total. The second-order valence-electron chi connectivity index (χ2n) is 6.25. The number of hydrogen-bond donors (Lipinski definition) is 1. The van der Waals surface area contributed by atoms with Gasteiger partial charge in [0.25, 0.3) is 0 Å². The molecule has 0 spiro atoms. The monoisotopic (exact) mass is 276 g/mol. The van der Waals surface area contributed by atoms with Crippen LogP contribution in [0, 0.1) is 10.8 Å². The van der Waals surface area contributed by atoms with Gasteiger partial charge in [-0.2, -0.15) is 0 Å². The minimum absolute atomic E-state index is 0.117. The molecule has 0 unspecified atom stereocenters. The smallest absolute Gasteiger partial charge is 0.161 e. The topological polar surface area (TPSA) is 45.6 Å². The molecule has 1 aromatic rings. The maximum absolute atomic E-state index is 8.32. The van der Waals surface area contributed by atoms with Gasteiger partial charge in [-0.15, -0.1) is 0 Å². The Labute approximate surface area is 121 Å². The molecule has 0 atom stereocenters. The molecule has 0 radical (unpaired) electrons. The van der Waals surface area contributed by atoms with E-state index in [1.54, 1.807) is 14.2 Å². The Balaban J connectivity index is 2.28. The number of fused-ring (bicyclic) bond motifs is 1. The lowest BCUT2D eigenvalue weighted by Gasteiger charge is -2.36. The first-order valence-electron chi connectivity index (χ1n) is 6.94. The van der Waals surface area contributed by atoms with E-state index < -0.39 is 0 Å². The van der Waals surface area contributed by atoms with E-state index in [0.29, 0.717) is 5.84 Å². The van der Waals surface area contributed by atoms with Crippen molar-refractivity contribution in [2.24, 2.45) is 5.41 Å². The van der Waals surface area contributed by atoms with Crippen LogP contribution < -0.4 is 9.47 Å². The Morgan fingerprint density at radius 3 is 2.15 bits per heavy atom. The molecule has 0 fully saturated rings. The highest BCUT2D eigenvalue weighted by molar-refractivity contribution is 5.84. The predicted molar refractivity (Wildman–Crippen MR) is 80.8 cm³/mol. The summed E-state index contributed by atoms with van der Waals surface area (Å²) in [6.45, 7) is 7.91. The van der Waals surface area contributed by atoms with E-state index in [0.717, 1.165) is 31.0 Å². The number of ether oxygens (including phenoxy) is 2. The van der Waals surface area contributed by atoms with E-state index in [-0.39, 0.29) is 5.41 Å². The third kappa shape index (κ3) is 2.74. The average molecular weight is 276 g/mol. The number of benzene rings is 1. The van der Waals surface area contributed by atoms with Crippen LogP contribution in [0.1, 0.15) is 31.9 Å². The minimum atomic E-state index is -0.117. The van der Waals surface area contributed by atoms with Gasteiger partial charge < -0.3 is 14.4 Å². The third-order valence-electron chi connectivity index (χ3n) is 3.74. The van der Waals surface area contributed by atoms with Crippen molar-refractivity contribution in [1.29, 1.82) is 5.41 Å². The zero-order chi connectivity index (χ0) is 14.9. The lowest BCUT2D eigenvalue weighted by Crippen LogP contribution is -2.41. The lowest BCUT2D eigenvalue weighted by atomic mass is 9.91. The molecule has 1 aliphatic rings. The summed E-state index contributed by atoms with van der Waals surface area (Å²) >= 11 is 0. The van der Waals surface area contributed by atoms with E-state index in [9.17, 15) is 0 Å². The third-order valence-corrected chi connectivity index (χ3v) is 3.74. The van der Waals surface area contributed by atoms with Crippen molar-refractivity contribution in [3.8, 4) is 11.5 Å². The molecule has 0 amide bonds. The fourth-order valence-electron chi connectivity index (χ4n) is 2.55. The lowest BCUT2D eigenvalue weighted by molar-refractivity contribution is 0.335. The molecule has 2 rings (SSSR count). The molecule has 110 valence electrons. The van der Waals surface area contributed by atoms with E-state index in [4.69, 9.17) is 14.9 Å². The van der Waals surface area contributed by atoms with Crippen LogP contribution in [0.4, 0.5) is 0 Å². The minimum Gasteiger partial charge on any atom is -0.493 e. The van der Waals surface area contributed by atoms with E-state index in [2.05, 4.69) is 31.7 Å². The second kappa shape index (κ2) is 5.35. The van der Waals surface area contributed by atoms with Gasteiger partial charge in [0.2, 0.25) is 0 Å². The molecule has 1 heterocycles. The molecular weight excluding hydrogens is 252 g/mol. The standard InChI is InChI=1S/C16H24N2O2/c1-16(2,3)15(17)18-7-6-11-8-13(19-4)14(20-5)9-12(11)10-18/h8-9,17H,6-7,10H2,1-5H3. The van der Waals surface area contributed by atoms with Crippen molar-refractivity contribution in [2.75, 3.05) is 20.8 Å². The van der Waals surface area contributed by atoms with Gasteiger partial charge in [0.1, 0.15) is 5.84 Å². The van der Waals surface area contributed by atoms with E-state index in [1.165, 1.54) is 11.1 Å². The summed E-state index contributed by atoms with van der Waals surface area (Å²) in [5.74, 6) is 2.24. The van der Waals surface area contributed by atoms with Crippen LogP contribution in [0.15, 0.2) is 12.1 Å². The van der Waals surface area contributed by atoms with E-state index >= 15 is 0 Å². The summed E-state index contributed by atoms with van der Waals surface area (Å²) in [6, 6.07) is 4.10. The number of nitrogens with zero attached hydrogens (tertiary/aromatic N) is 1. The van der Waals surface area contributed by atoms with Crippen molar-refractivity contribution >= 4 is 5.84 Å². The number of rotatable bonds is 2. The van der Waals surface area contributed by atoms with Crippen molar-refractivity contribution in [3.05, 3.63) is 23.3 Å². The van der Waals surface area contributed by atoms with Crippen molar-refractivity contribution in [3.63, 3.8) is 0 Å². The molecule has 0 aromatic heterocycles. The van der Waals surface area contributed by atoms with Gasteiger partial charge in [-0.05, 0) is 29.7 Å². The average Bonchev–Trinajstić information content (AvgIpc) is 2.43. The van der Waals surface area contributed by atoms with Gasteiger partial charge >= 0.3 is 0 Å². The zero-order valence-electron chi connectivity index (χ0n) is 13.0. The zero-order valence-corrected chi connectivity index (χ0v) is 13.0. The first kappa shape index (κ1) is 14.7. The molecule has 4 nitrogen and oxygen atoms in total. The summed E-state index contributed by atoms with van der Waals surface area (Å²) in [5, 5.41) is 8.32. The molecule has 1 aromatic carbocycles. The first-order valence-corrected chi connectivity index (χ1v) is 6.94. The van der Waals surface area contributed by atoms with Crippen LogP contribution in [0.25, 0.3) is 0 Å². The highest BCUT2D eigenvalue weighted by atomic mass is 16.5. The molecule has 20 heavy (non-hydrogen) atoms. The largest absolute Gasteiger partial charge is 0.493 e. The van der Waals surface area contributed by atoms with Crippen LogP contribution in [0.2, 0.25) is 0 Å². The maximum Gasteiger partial charge on any atom is 0.161 e. The first-order chi connectivity index (χ1) is 9.36. The number of methoxy groups -OCH3 is 2. The Hall–Kier alpha value is -1.71. The van der Waals surface area contributed by atoms with Gasteiger partial charge in [0.15, 0.2) is 11.5 Å². The molecule has 0 bridgehead atoms. The molecule has 1 aliphatic heterocycles. The van der Waals surface area contributed by atoms with Gasteiger partial charge in [0.05, 0.1) is 14.2 Å². The fraction of sp³-hybridized carbons (Fsp3) is 0.562. The van der Waals surface area contributed by atoms with Crippen molar-refractivity contribution < 1.29 is 9.47 Å². The molecule has 0 saturated carbocycles. The fourth-order valence-corrected chi connectivity index (χ4v) is 2.55. The van der Waals surface area contributed by atoms with E-state index in [1.807, 2.05) is 6.07 Å². The molecular formula is C16H24N2O2. The van der Waals surface area contributed by atoms with Crippen LogP contribution in [0.3, 0.4) is 0 Å². The number of amidine groups is 1. The highest BCUT2D eigenvalue weighted by Gasteiger charge is 2.27. The van der Waals surface area contributed by atoms with Crippen LogP contribution in [-0.4, -0.2) is 31.5 Å². The number of hydrogen-bond acceptors (Lipinski definition) is 3. The summed E-state index contributed by atoms with van der Waals surface area (Å²) in [4.78, 5) is 2.15. The molecule has 4 heteroatoms. The summed E-state index contributed by atoms with van der Waals surface area (Å²) in [6.07, 6.45) is 0.939. The Morgan fingerprint density at radius 1 is 1.10 bits per heavy atom. The van der Waals surface area contributed by atoms with Gasteiger partial charge in [-0.1, -0.05) is 20.8 Å². The predicted octanol–water partition coefficient (Wildman–Crippen LogP) is 3.09. The quantitative estimate of drug-likeness (QED) is 0.667. The summed E-state index contributed by atoms with van der Waals surface area (Å²) in [7, 11) is 3.32.